The van der Waals surface area contributed by atoms with Gasteiger partial charge >= 0.3 is 6.03 Å². The molecule has 0 saturated carbocycles. The molecule has 0 unspecified atom stereocenters. The predicted molar refractivity (Wildman–Crippen MR) is 96.4 cm³/mol. The molecule has 2 rings (SSSR count). The summed E-state index contributed by atoms with van der Waals surface area (Å²) in [5, 5.41) is 12.1. The number of anilines is 1. The zero-order valence-electron chi connectivity index (χ0n) is 13.6. The van der Waals surface area contributed by atoms with Crippen molar-refractivity contribution in [3.05, 3.63) is 66.1 Å². The molecule has 0 bridgehead atoms. The van der Waals surface area contributed by atoms with E-state index in [1.165, 1.54) is 48.7 Å². The summed E-state index contributed by atoms with van der Waals surface area (Å²) in [6, 6.07) is 9.91. The Bertz CT molecular complexity index is 941. The van der Waals surface area contributed by atoms with Crippen molar-refractivity contribution in [2.24, 2.45) is 5.73 Å². The summed E-state index contributed by atoms with van der Waals surface area (Å²) in [7, 11) is -3.99. The van der Waals surface area contributed by atoms with Crippen molar-refractivity contribution in [1.29, 1.82) is 5.41 Å². The molecule has 0 spiro atoms. The summed E-state index contributed by atoms with van der Waals surface area (Å²) < 4.78 is 38.7. The van der Waals surface area contributed by atoms with Gasteiger partial charge in [-0.25, -0.2) is 17.6 Å². The average molecular weight is 376 g/mol. The first kappa shape index (κ1) is 19.1. The molecule has 0 aliphatic rings. The molecule has 0 aliphatic heterocycles. The molecule has 26 heavy (non-hydrogen) atoms. The Hall–Kier alpha value is -3.20. The molecular formula is C17H17FN4O3S. The van der Waals surface area contributed by atoms with Crippen LogP contribution in [0, 0.1) is 11.2 Å². The van der Waals surface area contributed by atoms with E-state index < -0.39 is 26.6 Å². The van der Waals surface area contributed by atoms with Gasteiger partial charge in [0.05, 0.1) is 4.90 Å². The van der Waals surface area contributed by atoms with Crippen LogP contribution >= 0.6 is 0 Å². The number of nitrogens with two attached hydrogens (primary N) is 1. The zero-order chi connectivity index (χ0) is 19.2. The van der Waals surface area contributed by atoms with Crippen LogP contribution in [0.3, 0.4) is 0 Å². The van der Waals surface area contributed by atoms with E-state index in [1.807, 2.05) is 0 Å². The SMILES string of the molecule is N=C/C(=C\N)CNC(=O)Nc1ccc(S(=O)(=O)c2ccccc2F)cc1. The lowest BCUT2D eigenvalue weighted by molar-refractivity contribution is 0.253. The van der Waals surface area contributed by atoms with E-state index in [-0.39, 0.29) is 11.4 Å². The van der Waals surface area contributed by atoms with Gasteiger partial charge in [-0.2, -0.15) is 0 Å². The van der Waals surface area contributed by atoms with Gasteiger partial charge in [-0.3, -0.25) is 0 Å². The summed E-state index contributed by atoms with van der Waals surface area (Å²) in [5.41, 5.74) is 6.04. The average Bonchev–Trinajstić information content (AvgIpc) is 2.63. The van der Waals surface area contributed by atoms with Crippen molar-refractivity contribution in [3.63, 3.8) is 0 Å². The lowest BCUT2D eigenvalue weighted by Gasteiger charge is -2.09. The van der Waals surface area contributed by atoms with Crippen LogP contribution in [0.1, 0.15) is 0 Å². The topological polar surface area (TPSA) is 125 Å². The van der Waals surface area contributed by atoms with Crippen LogP contribution in [-0.4, -0.2) is 27.2 Å². The normalized spacial score (nSPS) is 11.7. The molecule has 0 atom stereocenters. The van der Waals surface area contributed by atoms with E-state index in [9.17, 15) is 17.6 Å². The van der Waals surface area contributed by atoms with Crippen LogP contribution in [-0.2, 0) is 9.84 Å². The molecule has 9 heteroatoms. The first-order valence-corrected chi connectivity index (χ1v) is 8.92. The number of benzene rings is 2. The number of urea groups is 1. The van der Waals surface area contributed by atoms with Gasteiger partial charge in [0.25, 0.3) is 0 Å². The third-order valence-electron chi connectivity index (χ3n) is 3.40. The number of carbonyl (C=O) groups is 1. The van der Waals surface area contributed by atoms with Crippen molar-refractivity contribution in [2.75, 3.05) is 11.9 Å². The summed E-state index contributed by atoms with van der Waals surface area (Å²) in [6.45, 7) is 0.0750. The first-order valence-electron chi connectivity index (χ1n) is 7.44. The Labute approximate surface area is 150 Å². The summed E-state index contributed by atoms with van der Waals surface area (Å²) in [5.74, 6) is -0.830. The van der Waals surface area contributed by atoms with Crippen molar-refractivity contribution in [3.8, 4) is 0 Å². The van der Waals surface area contributed by atoms with E-state index in [2.05, 4.69) is 10.6 Å². The lowest BCUT2D eigenvalue weighted by atomic mass is 10.3. The molecule has 0 saturated heterocycles. The molecule has 0 heterocycles. The summed E-state index contributed by atoms with van der Waals surface area (Å²) in [4.78, 5) is 11.3. The Morgan fingerprint density at radius 3 is 2.38 bits per heavy atom. The van der Waals surface area contributed by atoms with Crippen LogP contribution in [0.4, 0.5) is 14.9 Å². The van der Waals surface area contributed by atoms with E-state index >= 15 is 0 Å². The highest BCUT2D eigenvalue weighted by molar-refractivity contribution is 7.91. The van der Waals surface area contributed by atoms with Gasteiger partial charge in [-0.05, 0) is 36.4 Å². The maximum Gasteiger partial charge on any atom is 0.319 e. The maximum absolute atomic E-state index is 13.8. The van der Waals surface area contributed by atoms with Gasteiger partial charge in [0.15, 0.2) is 0 Å². The minimum absolute atomic E-state index is 0.0750. The molecule has 0 radical (unpaired) electrons. The number of rotatable bonds is 6. The highest BCUT2D eigenvalue weighted by Crippen LogP contribution is 2.24. The van der Waals surface area contributed by atoms with Crippen molar-refractivity contribution < 1.29 is 17.6 Å². The zero-order valence-corrected chi connectivity index (χ0v) is 14.4. The molecule has 0 aliphatic carbocycles. The molecule has 0 fully saturated rings. The molecule has 5 N–H and O–H groups in total. The van der Waals surface area contributed by atoms with Gasteiger partial charge < -0.3 is 21.8 Å². The van der Waals surface area contributed by atoms with Crippen LogP contribution in [0.5, 0.6) is 0 Å². The number of carbonyl (C=O) groups excluding carboxylic acids is 1. The number of hydrogen-bond donors (Lipinski definition) is 4. The van der Waals surface area contributed by atoms with Gasteiger partial charge in [-0.15, -0.1) is 0 Å². The number of nitrogens with one attached hydrogen (secondary N) is 3. The quantitative estimate of drug-likeness (QED) is 0.577. The third kappa shape index (κ3) is 4.45. The number of amides is 2. The fraction of sp³-hybridized carbons (Fsp3) is 0.0588. The van der Waals surface area contributed by atoms with Crippen LogP contribution < -0.4 is 16.4 Å². The first-order chi connectivity index (χ1) is 12.4. The largest absolute Gasteiger partial charge is 0.404 e. The smallest absolute Gasteiger partial charge is 0.319 e. The Balaban J connectivity index is 2.10. The standard InChI is InChI=1S/C17H17FN4O3S/c18-15-3-1-2-4-16(15)26(24,25)14-7-5-13(6-8-14)22-17(23)21-11-12(9-19)10-20/h1-10,19H,11,20H2,(H2,21,22,23)/b12-10+,19-9?. The van der Waals surface area contributed by atoms with Crippen LogP contribution in [0.2, 0.25) is 0 Å². The Morgan fingerprint density at radius 1 is 1.15 bits per heavy atom. The van der Waals surface area contributed by atoms with Crippen LogP contribution in [0.25, 0.3) is 0 Å². The van der Waals surface area contributed by atoms with E-state index in [0.717, 1.165) is 12.3 Å². The second kappa shape index (κ2) is 8.26. The van der Waals surface area contributed by atoms with Crippen molar-refractivity contribution >= 4 is 27.8 Å². The molecule has 2 aromatic rings. The number of halogens is 1. The highest BCUT2D eigenvalue weighted by Gasteiger charge is 2.21. The summed E-state index contributed by atoms with van der Waals surface area (Å²) >= 11 is 0. The van der Waals surface area contributed by atoms with Gasteiger partial charge in [0.1, 0.15) is 10.7 Å². The Kier molecular flexibility index (Phi) is 6.07. The van der Waals surface area contributed by atoms with Crippen molar-refractivity contribution in [1.82, 2.24) is 5.32 Å². The minimum atomic E-state index is -3.99. The van der Waals surface area contributed by atoms with Crippen LogP contribution in [0.15, 0.2) is 70.1 Å². The molecule has 2 aromatic carbocycles. The highest BCUT2D eigenvalue weighted by atomic mass is 32.2. The maximum atomic E-state index is 13.8. The van der Waals surface area contributed by atoms with E-state index in [4.69, 9.17) is 11.1 Å². The van der Waals surface area contributed by atoms with Gasteiger partial charge in [-0.1, -0.05) is 12.1 Å². The van der Waals surface area contributed by atoms with Gasteiger partial charge in [0, 0.05) is 30.2 Å². The second-order valence-electron chi connectivity index (χ2n) is 5.15. The molecular weight excluding hydrogens is 359 g/mol. The fourth-order valence-corrected chi connectivity index (χ4v) is 3.35. The lowest BCUT2D eigenvalue weighted by Crippen LogP contribution is -2.30. The third-order valence-corrected chi connectivity index (χ3v) is 5.20. The monoisotopic (exact) mass is 376 g/mol. The Morgan fingerprint density at radius 2 is 1.81 bits per heavy atom. The van der Waals surface area contributed by atoms with Gasteiger partial charge in [0.2, 0.25) is 9.84 Å². The van der Waals surface area contributed by atoms with Crippen molar-refractivity contribution in [2.45, 2.75) is 9.79 Å². The molecule has 7 nitrogen and oxygen atoms in total. The minimum Gasteiger partial charge on any atom is -0.404 e. The molecule has 136 valence electrons. The summed E-state index contributed by atoms with van der Waals surface area (Å²) in [6.07, 6.45) is 2.22. The number of hydrogen-bond acceptors (Lipinski definition) is 5. The predicted octanol–water partition coefficient (Wildman–Crippen LogP) is 2.27. The number of sulfone groups is 1. The van der Waals surface area contributed by atoms with E-state index in [0.29, 0.717) is 11.3 Å². The van der Waals surface area contributed by atoms with E-state index in [1.54, 1.807) is 0 Å². The molecule has 2 amide bonds. The fourth-order valence-electron chi connectivity index (χ4n) is 2.02. The molecule has 0 aromatic heterocycles. The second-order valence-corrected chi connectivity index (χ2v) is 7.07.